The van der Waals surface area contributed by atoms with E-state index in [1.165, 1.54) is 0 Å². The first-order chi connectivity index (χ1) is 16.5. The molecule has 0 radical (unpaired) electrons. The molecule has 1 N–H and O–H groups in total. The van der Waals surface area contributed by atoms with Gasteiger partial charge < -0.3 is 15.0 Å². The van der Waals surface area contributed by atoms with Gasteiger partial charge >= 0.3 is 0 Å². The average Bonchev–Trinajstić information content (AvgIpc) is 2.84. The summed E-state index contributed by atoms with van der Waals surface area (Å²) in [6.07, 6.45) is 5.74. The molecule has 1 aliphatic heterocycles. The average molecular weight is 493 g/mol. The van der Waals surface area contributed by atoms with Gasteiger partial charge in [-0.25, -0.2) is 0 Å². The number of pyridine rings is 2. The monoisotopic (exact) mass is 492 g/mol. The van der Waals surface area contributed by atoms with Crippen LogP contribution in [0.2, 0.25) is 10.0 Å². The Balaban J connectivity index is 1.59. The van der Waals surface area contributed by atoms with Crippen molar-refractivity contribution in [1.29, 1.82) is 0 Å². The zero-order valence-electron chi connectivity index (χ0n) is 18.7. The lowest BCUT2D eigenvalue weighted by molar-refractivity contribution is 0.0925. The van der Waals surface area contributed by atoms with Gasteiger partial charge in [0.15, 0.2) is 0 Å². The molecule has 1 aliphatic rings. The lowest BCUT2D eigenvalue weighted by atomic mass is 9.99. The number of aromatic nitrogens is 2. The number of amides is 1. The maximum atomic E-state index is 13.5. The summed E-state index contributed by atoms with van der Waals surface area (Å²) >= 11 is 12.7. The first kappa shape index (κ1) is 22.4. The highest BCUT2D eigenvalue weighted by molar-refractivity contribution is 6.44. The van der Waals surface area contributed by atoms with E-state index in [2.05, 4.69) is 15.3 Å². The van der Waals surface area contributed by atoms with Gasteiger partial charge in [-0.05, 0) is 12.1 Å². The summed E-state index contributed by atoms with van der Waals surface area (Å²) in [6.45, 7) is 0.548. The van der Waals surface area contributed by atoms with Crippen molar-refractivity contribution in [3.8, 4) is 16.9 Å². The Kier molecular flexibility index (Phi) is 6.02. The number of para-hydroxylation sites is 1. The van der Waals surface area contributed by atoms with Crippen LogP contribution in [-0.2, 0) is 0 Å². The van der Waals surface area contributed by atoms with Crippen LogP contribution in [0.1, 0.15) is 28.4 Å². The first-order valence-electron chi connectivity index (χ1n) is 10.9. The van der Waals surface area contributed by atoms with E-state index in [0.29, 0.717) is 34.2 Å². The Morgan fingerprint density at radius 1 is 1.06 bits per heavy atom. The highest BCUT2D eigenvalue weighted by atomic mass is 35.5. The van der Waals surface area contributed by atoms with Crippen LogP contribution in [0.4, 0.5) is 5.69 Å². The topological polar surface area (TPSA) is 67.4 Å². The summed E-state index contributed by atoms with van der Waals surface area (Å²) in [5.41, 5.74) is 4.35. The lowest BCUT2D eigenvalue weighted by Gasteiger charge is -2.27. The summed E-state index contributed by atoms with van der Waals surface area (Å²) in [5, 5.41) is 4.81. The zero-order valence-corrected chi connectivity index (χ0v) is 20.2. The molecule has 3 heterocycles. The van der Waals surface area contributed by atoms with Crippen molar-refractivity contribution in [3.05, 3.63) is 82.2 Å². The van der Waals surface area contributed by atoms with E-state index in [9.17, 15) is 4.79 Å². The normalized spacial score (nSPS) is 14.9. The minimum absolute atomic E-state index is 0.141. The van der Waals surface area contributed by atoms with Gasteiger partial charge in [-0.1, -0.05) is 53.5 Å². The molecule has 172 valence electrons. The molecule has 0 saturated carbocycles. The molecule has 0 bridgehead atoms. The van der Waals surface area contributed by atoms with E-state index in [1.54, 1.807) is 24.7 Å². The van der Waals surface area contributed by atoms with E-state index in [1.807, 2.05) is 55.4 Å². The van der Waals surface area contributed by atoms with Crippen LogP contribution < -0.4 is 15.0 Å². The highest BCUT2D eigenvalue weighted by Gasteiger charge is 2.26. The third-order valence-electron chi connectivity index (χ3n) is 5.95. The smallest absolute Gasteiger partial charge is 0.255 e. The van der Waals surface area contributed by atoms with E-state index >= 15 is 0 Å². The zero-order chi connectivity index (χ0) is 23.8. The van der Waals surface area contributed by atoms with Gasteiger partial charge in [0.2, 0.25) is 0 Å². The second-order valence-corrected chi connectivity index (χ2v) is 9.09. The Morgan fingerprint density at radius 3 is 2.71 bits per heavy atom. The van der Waals surface area contributed by atoms with Crippen molar-refractivity contribution in [2.45, 2.75) is 12.5 Å². The van der Waals surface area contributed by atoms with Gasteiger partial charge in [0.05, 0.1) is 39.5 Å². The summed E-state index contributed by atoms with van der Waals surface area (Å²) in [5.74, 6) is 0.599. The number of carbonyl (C=O) groups is 1. The van der Waals surface area contributed by atoms with E-state index in [0.717, 1.165) is 33.5 Å². The molecule has 2 aromatic carbocycles. The summed E-state index contributed by atoms with van der Waals surface area (Å²) in [6, 6.07) is 13.1. The number of benzene rings is 2. The number of ether oxygens (including phenoxy) is 1. The predicted octanol–water partition coefficient (Wildman–Crippen LogP) is 5.92. The number of hydrogen-bond donors (Lipinski definition) is 1. The van der Waals surface area contributed by atoms with Crippen molar-refractivity contribution < 1.29 is 9.53 Å². The van der Waals surface area contributed by atoms with Crippen LogP contribution in [0.3, 0.4) is 0 Å². The molecule has 8 heteroatoms. The molecular formula is C26H22Cl2N4O2. The molecule has 4 aromatic rings. The lowest BCUT2D eigenvalue weighted by Crippen LogP contribution is -2.33. The number of rotatable bonds is 4. The fourth-order valence-corrected chi connectivity index (χ4v) is 4.79. The molecule has 0 unspecified atom stereocenters. The maximum absolute atomic E-state index is 13.5. The molecule has 2 aromatic heterocycles. The molecule has 5 rings (SSSR count). The second kappa shape index (κ2) is 9.12. The van der Waals surface area contributed by atoms with Crippen LogP contribution in [0.5, 0.6) is 5.75 Å². The van der Waals surface area contributed by atoms with Crippen molar-refractivity contribution >= 4 is 45.7 Å². The molecular weight excluding hydrogens is 471 g/mol. The van der Waals surface area contributed by atoms with Gasteiger partial charge in [-0.2, -0.15) is 0 Å². The SMILES string of the molecule is CN(C)c1c(C(=O)N[C@H]2CCOc3ccccc32)cnc2c(-c3cccc(Cl)c3Cl)cncc12. The minimum Gasteiger partial charge on any atom is -0.493 e. The number of nitrogens with one attached hydrogen (secondary N) is 1. The summed E-state index contributed by atoms with van der Waals surface area (Å²) in [4.78, 5) is 24.5. The van der Waals surface area contributed by atoms with Crippen LogP contribution in [0, 0.1) is 0 Å². The number of anilines is 1. The fraction of sp³-hybridized carbons (Fsp3) is 0.192. The molecule has 0 spiro atoms. The van der Waals surface area contributed by atoms with E-state index in [-0.39, 0.29) is 11.9 Å². The van der Waals surface area contributed by atoms with Crippen molar-refractivity contribution in [3.63, 3.8) is 0 Å². The number of hydrogen-bond acceptors (Lipinski definition) is 5. The molecule has 0 aliphatic carbocycles. The molecule has 0 fully saturated rings. The summed E-state index contributed by atoms with van der Waals surface area (Å²) < 4.78 is 5.73. The second-order valence-electron chi connectivity index (χ2n) is 8.30. The van der Waals surface area contributed by atoms with Gasteiger partial charge in [0.1, 0.15) is 5.75 Å². The third-order valence-corrected chi connectivity index (χ3v) is 6.77. The van der Waals surface area contributed by atoms with Gasteiger partial charge in [-0.15, -0.1) is 0 Å². The van der Waals surface area contributed by atoms with Crippen molar-refractivity contribution in [1.82, 2.24) is 15.3 Å². The third kappa shape index (κ3) is 3.93. The Morgan fingerprint density at radius 2 is 1.88 bits per heavy atom. The molecule has 1 atom stereocenters. The predicted molar refractivity (Wildman–Crippen MR) is 136 cm³/mol. The standard InChI is InChI=1S/C26H22Cl2N4O2/c1-32(2)25-18-13-29-12-17(15-7-5-8-20(27)23(15)28)24(18)30-14-19(25)26(33)31-21-10-11-34-22-9-4-3-6-16(21)22/h3-9,12-14,21H,10-11H2,1-2H3,(H,31,33)/t21-/m0/s1. The van der Waals surface area contributed by atoms with Crippen LogP contribution >= 0.6 is 23.2 Å². The van der Waals surface area contributed by atoms with Crippen LogP contribution in [0.15, 0.2) is 61.1 Å². The number of nitrogens with zero attached hydrogens (tertiary/aromatic N) is 3. The van der Waals surface area contributed by atoms with Gasteiger partial charge in [-0.3, -0.25) is 14.8 Å². The Hall–Kier alpha value is -3.35. The van der Waals surface area contributed by atoms with Gasteiger partial charge in [0.25, 0.3) is 5.91 Å². The summed E-state index contributed by atoms with van der Waals surface area (Å²) in [7, 11) is 3.79. The molecule has 6 nitrogen and oxygen atoms in total. The maximum Gasteiger partial charge on any atom is 0.255 e. The van der Waals surface area contributed by atoms with Crippen molar-refractivity contribution in [2.24, 2.45) is 0 Å². The number of halogens is 2. The largest absolute Gasteiger partial charge is 0.493 e. The highest BCUT2D eigenvalue weighted by Crippen LogP contribution is 2.39. The van der Waals surface area contributed by atoms with Gasteiger partial charge in [0, 0.05) is 61.2 Å². The van der Waals surface area contributed by atoms with E-state index in [4.69, 9.17) is 27.9 Å². The van der Waals surface area contributed by atoms with Crippen LogP contribution in [0.25, 0.3) is 22.0 Å². The van der Waals surface area contributed by atoms with Crippen LogP contribution in [-0.4, -0.2) is 36.6 Å². The quantitative estimate of drug-likeness (QED) is 0.382. The molecule has 34 heavy (non-hydrogen) atoms. The molecule has 0 saturated heterocycles. The van der Waals surface area contributed by atoms with E-state index < -0.39 is 0 Å². The first-order valence-corrected chi connectivity index (χ1v) is 11.6. The number of carbonyl (C=O) groups excluding carboxylic acids is 1. The minimum atomic E-state index is -0.203. The number of fused-ring (bicyclic) bond motifs is 2. The Bertz CT molecular complexity index is 1410. The fourth-order valence-electron chi connectivity index (χ4n) is 4.39. The Labute approximate surface area is 207 Å². The molecule has 1 amide bonds. The van der Waals surface area contributed by atoms with Crippen molar-refractivity contribution in [2.75, 3.05) is 25.6 Å².